The lowest BCUT2D eigenvalue weighted by molar-refractivity contribution is -0.140. The molecule has 0 aliphatic rings. The van der Waals surface area contributed by atoms with Crippen LogP contribution in [0.3, 0.4) is 0 Å². The van der Waals surface area contributed by atoms with Gasteiger partial charge in [0.05, 0.1) is 5.52 Å². The minimum Gasteiger partial charge on any atom is -0.492 e. The third kappa shape index (κ3) is 7.13. The van der Waals surface area contributed by atoms with E-state index in [0.29, 0.717) is 30.1 Å². The van der Waals surface area contributed by atoms with Gasteiger partial charge in [0.2, 0.25) is 0 Å². The quantitative estimate of drug-likeness (QED) is 0.250. The molecule has 0 spiro atoms. The maximum atomic E-state index is 13.6. The zero-order valence-electron chi connectivity index (χ0n) is 21.5. The summed E-state index contributed by atoms with van der Waals surface area (Å²) < 4.78 is 52.7. The van der Waals surface area contributed by atoms with E-state index in [0.717, 1.165) is 11.1 Å². The van der Waals surface area contributed by atoms with Crippen molar-refractivity contribution in [2.45, 2.75) is 45.6 Å². The van der Waals surface area contributed by atoms with E-state index in [-0.39, 0.29) is 17.5 Å². The molecule has 4 aromatic rings. The summed E-state index contributed by atoms with van der Waals surface area (Å²) in [7, 11) is 0. The first kappa shape index (κ1) is 27.2. The van der Waals surface area contributed by atoms with Crippen LogP contribution in [0, 0.1) is 0 Å². The highest BCUT2D eigenvalue weighted by Crippen LogP contribution is 2.35. The van der Waals surface area contributed by atoms with Crippen LogP contribution in [-0.2, 0) is 24.0 Å². The van der Waals surface area contributed by atoms with Gasteiger partial charge in [-0.2, -0.15) is 23.0 Å². The van der Waals surface area contributed by atoms with E-state index >= 15 is 0 Å². The van der Waals surface area contributed by atoms with Crippen LogP contribution in [0.25, 0.3) is 10.9 Å². The molecule has 0 saturated carbocycles. The van der Waals surface area contributed by atoms with Crippen molar-refractivity contribution in [1.82, 2.24) is 14.7 Å². The summed E-state index contributed by atoms with van der Waals surface area (Å²) in [6.45, 7) is 7.17. The van der Waals surface area contributed by atoms with Crippen molar-refractivity contribution in [2.24, 2.45) is 0 Å². The molecule has 6 nitrogen and oxygen atoms in total. The first-order valence-electron chi connectivity index (χ1n) is 12.3. The number of hydrogen-bond donors (Lipinski definition) is 0. The topological polar surface area (TPSA) is 56.6 Å². The van der Waals surface area contributed by atoms with Gasteiger partial charge < -0.3 is 9.47 Å². The van der Waals surface area contributed by atoms with Gasteiger partial charge in [0.25, 0.3) is 0 Å². The summed E-state index contributed by atoms with van der Waals surface area (Å²) in [5.74, 6) is 0.329. The lowest BCUT2D eigenvalue weighted by Gasteiger charge is -2.23. The summed E-state index contributed by atoms with van der Waals surface area (Å²) in [5, 5.41) is 3.34. The van der Waals surface area contributed by atoms with Crippen LogP contribution in [0.15, 0.2) is 78.9 Å². The van der Waals surface area contributed by atoms with E-state index in [1.54, 1.807) is 20.8 Å². The third-order valence-electron chi connectivity index (χ3n) is 5.66. The molecule has 3 aromatic carbocycles. The van der Waals surface area contributed by atoms with Crippen LogP contribution in [0.4, 0.5) is 18.0 Å². The molecular weight excluding hydrogens is 495 g/mol. The zero-order valence-corrected chi connectivity index (χ0v) is 21.5. The van der Waals surface area contributed by atoms with Crippen molar-refractivity contribution in [2.75, 3.05) is 13.2 Å². The summed E-state index contributed by atoms with van der Waals surface area (Å²) >= 11 is 0. The van der Waals surface area contributed by atoms with Gasteiger partial charge in [0.1, 0.15) is 18.0 Å². The number of halogens is 3. The van der Waals surface area contributed by atoms with Crippen molar-refractivity contribution in [3.05, 3.63) is 95.7 Å². The van der Waals surface area contributed by atoms with Gasteiger partial charge in [0, 0.05) is 31.1 Å². The molecule has 1 aromatic heterocycles. The number of fused-ring (bicyclic) bond motifs is 1. The fraction of sp³-hybridized carbons (Fsp3) is 0.310. The lowest BCUT2D eigenvalue weighted by atomic mass is 10.1. The normalized spacial score (nSPS) is 12.2. The van der Waals surface area contributed by atoms with Crippen molar-refractivity contribution in [1.29, 1.82) is 0 Å². The largest absolute Gasteiger partial charge is 0.492 e. The molecule has 0 aliphatic carbocycles. The Balaban J connectivity index is 1.53. The van der Waals surface area contributed by atoms with Crippen LogP contribution in [0.2, 0.25) is 0 Å². The number of carbonyl (C=O) groups is 1. The van der Waals surface area contributed by atoms with Crippen molar-refractivity contribution >= 4 is 17.0 Å². The molecule has 200 valence electrons. The number of rotatable bonds is 8. The molecule has 0 unspecified atom stereocenters. The number of nitrogens with zero attached hydrogens (tertiary/aromatic N) is 3. The highest BCUT2D eigenvalue weighted by molar-refractivity contribution is 5.91. The number of aromatic nitrogens is 2. The number of hydrogen-bond acceptors (Lipinski definition) is 5. The van der Waals surface area contributed by atoms with E-state index in [2.05, 4.69) is 34.3 Å². The van der Waals surface area contributed by atoms with E-state index in [4.69, 9.17) is 9.47 Å². The molecule has 38 heavy (non-hydrogen) atoms. The minimum absolute atomic E-state index is 0.0329. The van der Waals surface area contributed by atoms with Crippen LogP contribution in [0.5, 0.6) is 5.75 Å². The SMILES string of the molecule is CC(C)(C)OC(=O)n1nc(C(F)(F)F)c2ccc(OCCN(Cc3ccccc3)Cc3ccccc3)cc21. The minimum atomic E-state index is -4.73. The summed E-state index contributed by atoms with van der Waals surface area (Å²) in [6.07, 6.45) is -5.73. The molecule has 0 radical (unpaired) electrons. The highest BCUT2D eigenvalue weighted by Gasteiger charge is 2.38. The fourth-order valence-corrected chi connectivity index (χ4v) is 4.03. The Kier molecular flexibility index (Phi) is 8.06. The predicted octanol–water partition coefficient (Wildman–Crippen LogP) is 6.92. The van der Waals surface area contributed by atoms with Crippen LogP contribution in [-0.4, -0.2) is 39.5 Å². The van der Waals surface area contributed by atoms with Crippen molar-refractivity contribution in [3.8, 4) is 5.75 Å². The van der Waals surface area contributed by atoms with Gasteiger partial charge in [0.15, 0.2) is 5.69 Å². The molecule has 9 heteroatoms. The Bertz CT molecular complexity index is 1320. The molecule has 0 bridgehead atoms. The molecule has 0 fully saturated rings. The van der Waals surface area contributed by atoms with E-state index in [1.165, 1.54) is 18.2 Å². The third-order valence-corrected chi connectivity index (χ3v) is 5.66. The van der Waals surface area contributed by atoms with Gasteiger partial charge >= 0.3 is 12.3 Å². The number of ether oxygens (including phenoxy) is 2. The molecule has 0 atom stereocenters. The second-order valence-electron chi connectivity index (χ2n) is 9.95. The fourth-order valence-electron chi connectivity index (χ4n) is 4.03. The molecule has 4 rings (SSSR count). The summed E-state index contributed by atoms with van der Waals surface area (Å²) in [5.41, 5.74) is 0.232. The molecule has 0 aliphatic heterocycles. The Morgan fingerprint density at radius 2 is 1.47 bits per heavy atom. The Hall–Kier alpha value is -3.85. The lowest BCUT2D eigenvalue weighted by Crippen LogP contribution is -2.28. The van der Waals surface area contributed by atoms with Gasteiger partial charge in [-0.15, -0.1) is 0 Å². The second kappa shape index (κ2) is 11.3. The van der Waals surface area contributed by atoms with Gasteiger partial charge in [-0.3, -0.25) is 4.90 Å². The Morgan fingerprint density at radius 1 is 0.895 bits per heavy atom. The van der Waals surface area contributed by atoms with Gasteiger partial charge in [-0.25, -0.2) is 4.79 Å². The van der Waals surface area contributed by atoms with Crippen LogP contribution in [0.1, 0.15) is 37.6 Å². The average Bonchev–Trinajstić information content (AvgIpc) is 3.24. The number of alkyl halides is 3. The van der Waals surface area contributed by atoms with Crippen LogP contribution < -0.4 is 4.74 Å². The summed E-state index contributed by atoms with van der Waals surface area (Å²) in [4.78, 5) is 14.9. The molecular formula is C29H30F3N3O3. The number of carbonyl (C=O) groups excluding carboxylic acids is 1. The van der Waals surface area contributed by atoms with Crippen LogP contribution >= 0.6 is 0 Å². The molecule has 0 N–H and O–H groups in total. The van der Waals surface area contributed by atoms with Gasteiger partial charge in [-0.1, -0.05) is 60.7 Å². The maximum absolute atomic E-state index is 13.6. The Morgan fingerprint density at radius 3 is 2.00 bits per heavy atom. The molecule has 0 saturated heterocycles. The monoisotopic (exact) mass is 525 g/mol. The number of benzene rings is 3. The van der Waals surface area contributed by atoms with E-state index in [1.807, 2.05) is 36.4 Å². The molecule has 1 heterocycles. The zero-order chi connectivity index (χ0) is 27.3. The summed E-state index contributed by atoms with van der Waals surface area (Å²) in [6, 6.07) is 24.3. The van der Waals surface area contributed by atoms with E-state index < -0.39 is 23.6 Å². The maximum Gasteiger partial charge on any atom is 0.435 e. The molecule has 0 amide bonds. The Labute approximate surface area is 219 Å². The first-order chi connectivity index (χ1) is 18.0. The smallest absolute Gasteiger partial charge is 0.435 e. The van der Waals surface area contributed by atoms with E-state index in [9.17, 15) is 18.0 Å². The van der Waals surface area contributed by atoms with Crippen molar-refractivity contribution in [3.63, 3.8) is 0 Å². The van der Waals surface area contributed by atoms with Gasteiger partial charge in [-0.05, 0) is 44.0 Å². The highest BCUT2D eigenvalue weighted by atomic mass is 19.4. The predicted molar refractivity (Wildman–Crippen MR) is 139 cm³/mol. The average molecular weight is 526 g/mol. The first-order valence-corrected chi connectivity index (χ1v) is 12.3. The second-order valence-corrected chi connectivity index (χ2v) is 9.95. The standard InChI is InChI=1S/C29H30F3N3O3/c1-28(2,3)38-27(36)35-25-18-23(14-15-24(25)26(33-35)29(30,31)32)37-17-16-34(19-21-10-6-4-7-11-21)20-22-12-8-5-9-13-22/h4-15,18H,16-17,19-20H2,1-3H3. The van der Waals surface area contributed by atoms with Crippen molar-refractivity contribution < 1.29 is 27.4 Å².